The molecule has 0 aliphatic heterocycles. The maximum Gasteiger partial charge on any atom is 0.472 e. The number of quaternary nitrogens is 1. The summed E-state index contributed by atoms with van der Waals surface area (Å²) in [6, 6.07) is 8.09. The molecule has 0 bridgehead atoms. The van der Waals surface area contributed by atoms with Gasteiger partial charge in [-0.15, -0.1) is 0 Å². The van der Waals surface area contributed by atoms with Gasteiger partial charge in [0.15, 0.2) is 0 Å². The van der Waals surface area contributed by atoms with Crippen LogP contribution in [0.3, 0.4) is 0 Å². The van der Waals surface area contributed by atoms with E-state index in [1.807, 2.05) is 33.2 Å². The van der Waals surface area contributed by atoms with Crippen molar-refractivity contribution in [2.24, 2.45) is 5.92 Å². The minimum atomic E-state index is -4.12. The first-order valence-electron chi connectivity index (χ1n) is 14.4. The summed E-state index contributed by atoms with van der Waals surface area (Å²) < 4.78 is 28.4. The van der Waals surface area contributed by atoms with Crippen molar-refractivity contribution in [1.82, 2.24) is 0 Å². The third-order valence-electron chi connectivity index (χ3n) is 6.52. The quantitative estimate of drug-likeness (QED) is 0.127. The molecule has 1 aromatic carbocycles. The number of aryl methyl sites for hydroxylation is 1. The highest BCUT2D eigenvalue weighted by Crippen LogP contribution is 2.43. The summed E-state index contributed by atoms with van der Waals surface area (Å²) in [5, 5.41) is 0. The van der Waals surface area contributed by atoms with E-state index in [-0.39, 0.29) is 24.9 Å². The molecule has 2 atom stereocenters. The van der Waals surface area contributed by atoms with Crippen LogP contribution in [0, 0.1) is 5.92 Å². The number of benzene rings is 1. The predicted octanol–water partition coefficient (Wildman–Crippen LogP) is 5.79. The summed E-state index contributed by atoms with van der Waals surface area (Å²) in [6.07, 6.45) is 13.9. The largest absolute Gasteiger partial charge is 0.494 e. The Morgan fingerprint density at radius 1 is 0.919 bits per heavy atom. The van der Waals surface area contributed by atoms with Crippen molar-refractivity contribution in [2.45, 2.75) is 97.3 Å². The van der Waals surface area contributed by atoms with E-state index in [2.05, 4.69) is 19.1 Å². The molecular formula is C29H53NO6P+. The molecule has 214 valence electrons. The molecule has 0 amide bonds. The highest BCUT2D eigenvalue weighted by Gasteiger charge is 2.24. The Morgan fingerprint density at radius 2 is 1.54 bits per heavy atom. The number of Topliss-reactive ketones (excluding diaryl/α,β-unsaturated/α-hetero) is 1. The van der Waals surface area contributed by atoms with E-state index in [4.69, 9.17) is 13.8 Å². The van der Waals surface area contributed by atoms with Crippen molar-refractivity contribution in [3.63, 3.8) is 0 Å². The Balaban J connectivity index is 2.36. The average Bonchev–Trinajstić information content (AvgIpc) is 2.87. The number of nitrogens with one attached hydrogen (secondary N) is 1. The molecule has 0 aliphatic rings. The zero-order valence-corrected chi connectivity index (χ0v) is 24.7. The molecule has 0 heterocycles. The van der Waals surface area contributed by atoms with E-state index >= 15 is 0 Å². The van der Waals surface area contributed by atoms with Gasteiger partial charge in [0.2, 0.25) is 0 Å². The van der Waals surface area contributed by atoms with Gasteiger partial charge in [-0.2, -0.15) is 0 Å². The lowest BCUT2D eigenvalue weighted by atomic mass is 9.94. The summed E-state index contributed by atoms with van der Waals surface area (Å²) in [5.74, 6) is 0.861. The van der Waals surface area contributed by atoms with Gasteiger partial charge in [0.25, 0.3) is 0 Å². The molecular weight excluding hydrogens is 489 g/mol. The number of hydrogen-bond acceptors (Lipinski definition) is 5. The summed E-state index contributed by atoms with van der Waals surface area (Å²) in [6.45, 7) is 5.59. The molecule has 1 aromatic rings. The number of rotatable bonds is 24. The molecule has 1 rings (SSSR count). The standard InChI is InChI=1S/C29H52NO6P/c1-5-7-8-9-10-11-12-13-14-22-34-29-19-17-26(18-20-29)15-16-27(24-28(31)6-2)25-36-37(32,33)35-23-21-30(3)4/h17-20,27H,5-16,21-25H2,1-4H3,(H,32,33)/p+1. The number of carbonyl (C=O) groups is 1. The van der Waals surface area contributed by atoms with Crippen molar-refractivity contribution in [1.29, 1.82) is 0 Å². The number of phosphoric acid groups is 1. The van der Waals surface area contributed by atoms with Gasteiger partial charge in [0.1, 0.15) is 24.7 Å². The first-order valence-corrected chi connectivity index (χ1v) is 15.9. The van der Waals surface area contributed by atoms with E-state index in [0.29, 0.717) is 25.8 Å². The Hall–Kier alpha value is -1.24. The van der Waals surface area contributed by atoms with E-state index in [0.717, 1.165) is 35.7 Å². The van der Waals surface area contributed by atoms with Gasteiger partial charge >= 0.3 is 7.82 Å². The van der Waals surface area contributed by atoms with Crippen LogP contribution in [-0.4, -0.2) is 51.1 Å². The normalized spacial score (nSPS) is 14.0. The molecule has 0 spiro atoms. The highest BCUT2D eigenvalue weighted by molar-refractivity contribution is 7.47. The van der Waals surface area contributed by atoms with Crippen LogP contribution in [0.2, 0.25) is 0 Å². The minimum Gasteiger partial charge on any atom is -0.494 e. The second-order valence-corrected chi connectivity index (χ2v) is 11.8. The molecule has 37 heavy (non-hydrogen) atoms. The van der Waals surface area contributed by atoms with Gasteiger partial charge in [-0.25, -0.2) is 4.57 Å². The Kier molecular flexibility index (Phi) is 18.9. The Morgan fingerprint density at radius 3 is 2.14 bits per heavy atom. The van der Waals surface area contributed by atoms with Gasteiger partial charge < -0.3 is 14.5 Å². The SMILES string of the molecule is CCCCCCCCCCCOc1ccc(CCC(COP(=O)(O)OCC[NH+](C)C)CC(=O)CC)cc1. The number of ketones is 1. The second-order valence-electron chi connectivity index (χ2n) is 10.4. The summed E-state index contributed by atoms with van der Waals surface area (Å²) in [5.41, 5.74) is 1.14. The van der Waals surface area contributed by atoms with E-state index in [9.17, 15) is 14.3 Å². The van der Waals surface area contributed by atoms with Gasteiger partial charge in [-0.1, -0.05) is 77.3 Å². The van der Waals surface area contributed by atoms with Crippen LogP contribution in [0.4, 0.5) is 0 Å². The molecule has 2 N–H and O–H groups in total. The highest BCUT2D eigenvalue weighted by atomic mass is 31.2. The second kappa shape index (κ2) is 20.7. The van der Waals surface area contributed by atoms with Crippen LogP contribution < -0.4 is 9.64 Å². The van der Waals surface area contributed by atoms with E-state index in [1.54, 1.807) is 0 Å². The van der Waals surface area contributed by atoms with Crippen LogP contribution in [0.15, 0.2) is 24.3 Å². The zero-order chi connectivity index (χ0) is 27.4. The summed E-state index contributed by atoms with van der Waals surface area (Å²) in [7, 11) is -0.244. The van der Waals surface area contributed by atoms with Crippen LogP contribution in [-0.2, 0) is 24.8 Å². The number of likely N-dealkylation sites (N-methyl/N-ethyl adjacent to an activating group) is 1. The van der Waals surface area contributed by atoms with Gasteiger partial charge in [0, 0.05) is 12.8 Å². The zero-order valence-electron chi connectivity index (χ0n) is 23.8. The molecule has 7 nitrogen and oxygen atoms in total. The number of ether oxygens (including phenoxy) is 1. The number of carbonyl (C=O) groups excluding carboxylic acids is 1. The van der Waals surface area contributed by atoms with Crippen molar-refractivity contribution in [2.75, 3.05) is 40.5 Å². The average molecular weight is 543 g/mol. The van der Waals surface area contributed by atoms with Crippen LogP contribution in [0.5, 0.6) is 5.75 Å². The summed E-state index contributed by atoms with van der Waals surface area (Å²) >= 11 is 0. The third kappa shape index (κ3) is 18.6. The lowest BCUT2D eigenvalue weighted by Crippen LogP contribution is -3.06. The molecule has 0 aromatic heterocycles. The van der Waals surface area contributed by atoms with Crippen LogP contribution in [0.1, 0.15) is 96.5 Å². The first-order chi connectivity index (χ1) is 17.8. The molecule has 0 saturated heterocycles. The Labute approximate surface area is 225 Å². The third-order valence-corrected chi connectivity index (χ3v) is 7.51. The van der Waals surface area contributed by atoms with Gasteiger partial charge in [-0.05, 0) is 42.9 Å². The van der Waals surface area contributed by atoms with Crippen LogP contribution in [0.25, 0.3) is 0 Å². The van der Waals surface area contributed by atoms with E-state index in [1.165, 1.54) is 51.4 Å². The topological polar surface area (TPSA) is 86.5 Å². The monoisotopic (exact) mass is 542 g/mol. The number of hydrogen-bond donors (Lipinski definition) is 2. The number of unbranched alkanes of at least 4 members (excludes halogenated alkanes) is 8. The maximum absolute atomic E-state index is 12.2. The van der Waals surface area contributed by atoms with Crippen molar-refractivity contribution in [3.05, 3.63) is 29.8 Å². The van der Waals surface area contributed by atoms with E-state index < -0.39 is 7.82 Å². The minimum absolute atomic E-state index is 0.0221. The van der Waals surface area contributed by atoms with Crippen molar-refractivity contribution in [3.8, 4) is 5.75 Å². The molecule has 0 radical (unpaired) electrons. The first kappa shape index (κ1) is 33.8. The predicted molar refractivity (Wildman–Crippen MR) is 150 cm³/mol. The Bertz CT molecular complexity index is 755. The fourth-order valence-corrected chi connectivity index (χ4v) is 4.83. The molecule has 8 heteroatoms. The van der Waals surface area contributed by atoms with Crippen molar-refractivity contribution >= 4 is 13.6 Å². The summed E-state index contributed by atoms with van der Waals surface area (Å²) in [4.78, 5) is 23.1. The fraction of sp³-hybridized carbons (Fsp3) is 0.759. The smallest absolute Gasteiger partial charge is 0.472 e. The lowest BCUT2D eigenvalue weighted by Gasteiger charge is -2.19. The van der Waals surface area contributed by atoms with Gasteiger partial charge in [0.05, 0.1) is 27.3 Å². The molecule has 0 aliphatic carbocycles. The molecule has 0 fully saturated rings. The fourth-order valence-electron chi connectivity index (χ4n) is 4.04. The van der Waals surface area contributed by atoms with Crippen LogP contribution >= 0.6 is 7.82 Å². The lowest BCUT2D eigenvalue weighted by molar-refractivity contribution is -0.858. The van der Waals surface area contributed by atoms with Gasteiger partial charge in [-0.3, -0.25) is 13.8 Å². The van der Waals surface area contributed by atoms with Crippen molar-refractivity contribution < 1.29 is 32.9 Å². The molecule has 2 unspecified atom stereocenters. The maximum atomic E-state index is 12.2. The number of phosphoric ester groups is 1. The molecule has 0 saturated carbocycles.